The van der Waals surface area contributed by atoms with E-state index in [4.69, 9.17) is 20.9 Å². The van der Waals surface area contributed by atoms with Gasteiger partial charge in [-0.05, 0) is 47.1 Å². The van der Waals surface area contributed by atoms with Gasteiger partial charge in [0.1, 0.15) is 12.1 Å². The molecule has 0 radical (unpaired) electrons. The van der Waals surface area contributed by atoms with Gasteiger partial charge in [-0.1, -0.05) is 39.8 Å². The van der Waals surface area contributed by atoms with Gasteiger partial charge in [-0.3, -0.25) is 19.3 Å². The Morgan fingerprint density at radius 1 is 0.867 bits per heavy atom. The number of hydrogen-bond donors (Lipinski definition) is 6. The van der Waals surface area contributed by atoms with E-state index in [1.807, 2.05) is 0 Å². The third kappa shape index (κ3) is 12.1. The van der Waals surface area contributed by atoms with Crippen LogP contribution in [0.1, 0.15) is 25.3 Å². The highest BCUT2D eigenvalue weighted by Crippen LogP contribution is 2.37. The van der Waals surface area contributed by atoms with Gasteiger partial charge >= 0.3 is 18.0 Å². The molecule has 0 saturated carbocycles. The van der Waals surface area contributed by atoms with Crippen LogP contribution in [0.3, 0.4) is 0 Å². The maximum atomic E-state index is 13.5. The number of nitrogens with one attached hydrogen (secondary N) is 2. The van der Waals surface area contributed by atoms with Gasteiger partial charge in [-0.2, -0.15) is 25.3 Å². The predicted molar refractivity (Wildman–Crippen MR) is 188 cm³/mol. The molecule has 5 atom stereocenters. The molecule has 0 spiro atoms. The summed E-state index contributed by atoms with van der Waals surface area (Å²) in [6, 6.07) is 2.39. The summed E-state index contributed by atoms with van der Waals surface area (Å²) in [5, 5.41) is 4.71. The van der Waals surface area contributed by atoms with Crippen molar-refractivity contribution < 1.29 is 38.2 Å². The maximum Gasteiger partial charge on any atom is 0.329 e. The molecular weight excluding hydrogens is 703 g/mol. The van der Waals surface area contributed by atoms with E-state index in [9.17, 15) is 28.8 Å². The Morgan fingerprint density at radius 2 is 1.36 bits per heavy atom. The van der Waals surface area contributed by atoms with Crippen molar-refractivity contribution in [2.24, 2.45) is 11.5 Å². The molecule has 1 aliphatic rings. The van der Waals surface area contributed by atoms with Gasteiger partial charge in [-0.25, -0.2) is 14.4 Å². The molecule has 1 heterocycles. The molecule has 1 aliphatic heterocycles. The lowest BCUT2D eigenvalue weighted by Gasteiger charge is -2.23. The number of thiol groups is 2. The molecule has 0 bridgehead atoms. The minimum atomic E-state index is -1.10. The minimum Gasteiger partial charge on any atom is -0.464 e. The Kier molecular flexibility index (Phi) is 18.0. The second-order valence-corrected chi connectivity index (χ2v) is 14.7. The molecule has 2 rings (SSSR count). The Bertz CT molecular complexity index is 1130. The zero-order valence-electron chi connectivity index (χ0n) is 24.5. The number of nitrogens with two attached hydrogens (primary N) is 2. The zero-order valence-corrected chi connectivity index (χ0v) is 29.6. The first kappa shape index (κ1) is 39.4. The van der Waals surface area contributed by atoms with Gasteiger partial charge in [-0.15, -0.1) is 0 Å². The lowest BCUT2D eigenvalue weighted by Crippen LogP contribution is -2.50. The minimum absolute atomic E-state index is 0.0119. The summed E-state index contributed by atoms with van der Waals surface area (Å²) in [4.78, 5) is 77.8. The molecule has 0 aliphatic carbocycles. The maximum absolute atomic E-state index is 13.5. The Labute approximate surface area is 288 Å². The SMILES string of the molecule is CCOC(=O)C(CSSC(=O)[C@@H](N)CS)NC(=O)C1CN(C(=O)NC(CSSC(=O)[C@@H](N)CS)C(=O)OCC)c2ccccc21. The smallest absolute Gasteiger partial charge is 0.329 e. The van der Waals surface area contributed by atoms with E-state index in [0.717, 1.165) is 43.2 Å². The van der Waals surface area contributed by atoms with Crippen LogP contribution in [0.2, 0.25) is 0 Å². The number of benzene rings is 1. The molecule has 0 fully saturated rings. The molecule has 3 unspecified atom stereocenters. The number of ether oxygens (including phenoxy) is 2. The topological polar surface area (TPSA) is 200 Å². The number of hydrogen-bond acceptors (Lipinski definition) is 16. The average Bonchev–Trinajstić information content (AvgIpc) is 3.43. The van der Waals surface area contributed by atoms with Crippen molar-refractivity contribution in [1.29, 1.82) is 0 Å². The number of nitrogens with zero attached hydrogens (tertiary/aromatic N) is 1. The van der Waals surface area contributed by atoms with Crippen molar-refractivity contribution in [3.8, 4) is 0 Å². The second kappa shape index (κ2) is 20.5. The van der Waals surface area contributed by atoms with E-state index in [0.29, 0.717) is 11.3 Å². The summed E-state index contributed by atoms with van der Waals surface area (Å²) in [5.74, 6) is -2.38. The van der Waals surface area contributed by atoms with Crippen LogP contribution in [0.25, 0.3) is 0 Å². The highest BCUT2D eigenvalue weighted by atomic mass is 33.1. The number of anilines is 1. The Morgan fingerprint density at radius 3 is 1.84 bits per heavy atom. The number of para-hydroxylation sites is 1. The van der Waals surface area contributed by atoms with Gasteiger partial charge in [0.05, 0.1) is 31.2 Å². The lowest BCUT2D eigenvalue weighted by atomic mass is 10.0. The van der Waals surface area contributed by atoms with Gasteiger partial charge in [0, 0.05) is 35.2 Å². The van der Waals surface area contributed by atoms with Crippen molar-refractivity contribution >= 4 is 108 Å². The zero-order chi connectivity index (χ0) is 33.5. The number of esters is 2. The fraction of sp³-hybridized carbons (Fsp3) is 0.538. The fourth-order valence-corrected chi connectivity index (χ4v) is 8.47. The molecule has 250 valence electrons. The van der Waals surface area contributed by atoms with Crippen molar-refractivity contribution in [3.05, 3.63) is 29.8 Å². The summed E-state index contributed by atoms with van der Waals surface area (Å²) in [6.07, 6.45) is 0. The molecule has 0 aromatic heterocycles. The second-order valence-electron chi connectivity index (χ2n) is 9.24. The predicted octanol–water partition coefficient (Wildman–Crippen LogP) is 1.61. The number of rotatable bonds is 17. The van der Waals surface area contributed by atoms with Crippen LogP contribution in [0.5, 0.6) is 0 Å². The summed E-state index contributed by atoms with van der Waals surface area (Å²) in [5.41, 5.74) is 12.4. The molecule has 45 heavy (non-hydrogen) atoms. The molecule has 0 saturated heterocycles. The monoisotopic (exact) mass is 739 g/mol. The standard InChI is InChI=1S/C26H37N5O8S6/c1-3-38-22(33)18(12-42-44-24(35)16(27)10-40)29-21(32)15-9-31(20-8-6-5-7-14(15)20)26(37)30-19(23(34)39-4-2)13-43-45-25(36)17(28)11-41/h5-8,15-19,40-41H,3-4,9-13,27-28H2,1-2H3,(H,29,32)(H,30,37)/t15?,16-,17-,18?,19?/m0/s1. The summed E-state index contributed by atoms with van der Waals surface area (Å²) in [7, 11) is 3.81. The van der Waals surface area contributed by atoms with Crippen LogP contribution in [0.15, 0.2) is 24.3 Å². The van der Waals surface area contributed by atoms with E-state index < -0.39 is 54.0 Å². The van der Waals surface area contributed by atoms with E-state index in [1.54, 1.807) is 38.1 Å². The third-order valence-electron chi connectivity index (χ3n) is 6.04. The van der Waals surface area contributed by atoms with Crippen LogP contribution in [0, 0.1) is 0 Å². The van der Waals surface area contributed by atoms with E-state index >= 15 is 0 Å². The van der Waals surface area contributed by atoms with E-state index in [1.165, 1.54) is 4.90 Å². The van der Waals surface area contributed by atoms with Gasteiger partial charge < -0.3 is 31.6 Å². The number of amides is 3. The van der Waals surface area contributed by atoms with E-state index in [2.05, 4.69) is 35.9 Å². The summed E-state index contributed by atoms with van der Waals surface area (Å²) in [6.45, 7) is 3.34. The van der Waals surface area contributed by atoms with Gasteiger partial charge in [0.15, 0.2) is 0 Å². The third-order valence-corrected chi connectivity index (χ3v) is 11.4. The normalized spacial score (nSPS) is 16.5. The molecule has 6 N–H and O–H groups in total. The van der Waals surface area contributed by atoms with Gasteiger partial charge in [0.25, 0.3) is 0 Å². The first-order chi connectivity index (χ1) is 21.5. The van der Waals surface area contributed by atoms with Crippen molar-refractivity contribution in [2.45, 2.75) is 43.9 Å². The van der Waals surface area contributed by atoms with Crippen LogP contribution >= 0.6 is 68.4 Å². The van der Waals surface area contributed by atoms with Crippen LogP contribution < -0.4 is 27.0 Å². The molecule has 19 heteroatoms. The fourth-order valence-electron chi connectivity index (χ4n) is 3.74. The molecule has 3 amide bonds. The lowest BCUT2D eigenvalue weighted by molar-refractivity contribution is -0.146. The summed E-state index contributed by atoms with van der Waals surface area (Å²) < 4.78 is 10.2. The molecule has 13 nitrogen and oxygen atoms in total. The van der Waals surface area contributed by atoms with Crippen molar-refractivity contribution in [1.82, 2.24) is 10.6 Å². The van der Waals surface area contributed by atoms with Crippen molar-refractivity contribution in [2.75, 3.05) is 47.7 Å². The van der Waals surface area contributed by atoms with Crippen LogP contribution in [-0.2, 0) is 33.4 Å². The molecular formula is C26H37N5O8S6. The van der Waals surface area contributed by atoms with Gasteiger partial charge in [0.2, 0.25) is 16.1 Å². The highest BCUT2D eigenvalue weighted by molar-refractivity contribution is 8.82. The van der Waals surface area contributed by atoms with E-state index in [-0.39, 0.29) is 53.0 Å². The first-order valence-electron chi connectivity index (χ1n) is 13.7. The quantitative estimate of drug-likeness (QED) is 0.0765. The molecule has 1 aromatic rings. The van der Waals surface area contributed by atoms with Crippen molar-refractivity contribution in [3.63, 3.8) is 0 Å². The summed E-state index contributed by atoms with van der Waals surface area (Å²) >= 11 is 8.02. The van der Waals surface area contributed by atoms with Crippen LogP contribution in [-0.4, -0.2) is 101 Å². The number of fused-ring (bicyclic) bond motifs is 1. The number of carbonyl (C=O) groups is 6. The number of urea groups is 1. The molecule has 1 aromatic carbocycles. The largest absolute Gasteiger partial charge is 0.464 e. The Balaban J connectivity index is 2.16. The first-order valence-corrected chi connectivity index (χ1v) is 19.6. The van der Waals surface area contributed by atoms with Crippen LogP contribution in [0.4, 0.5) is 10.5 Å². The highest BCUT2D eigenvalue weighted by Gasteiger charge is 2.39. The average molecular weight is 740 g/mol. The Hall–Kier alpha value is -1.74. The number of carbonyl (C=O) groups excluding carboxylic acids is 6.